The highest BCUT2D eigenvalue weighted by molar-refractivity contribution is 7.70. The Bertz CT molecular complexity index is 596. The number of hydrogen-bond acceptors (Lipinski definition) is 3. The smallest absolute Gasteiger partial charge is 0.126 e. The van der Waals surface area contributed by atoms with E-state index in [0.717, 1.165) is 47.3 Å². The van der Waals surface area contributed by atoms with Crippen LogP contribution in [0.15, 0.2) is 18.3 Å². The molecular weight excluding hydrogens is 303 g/mol. The molecule has 4 heteroatoms. The van der Waals surface area contributed by atoms with Gasteiger partial charge in [-0.15, -0.1) is 0 Å². The number of anilines is 1. The number of nitrogens with one attached hydrogen (secondary N) is 1. The van der Waals surface area contributed by atoms with Crippen molar-refractivity contribution in [3.05, 3.63) is 18.3 Å². The molecule has 0 aromatic carbocycles. The lowest BCUT2D eigenvalue weighted by Gasteiger charge is -2.54. The maximum Gasteiger partial charge on any atom is 0.126 e. The second-order valence-electron chi connectivity index (χ2n) is 8.56. The van der Waals surface area contributed by atoms with E-state index in [2.05, 4.69) is 10.3 Å². The van der Waals surface area contributed by atoms with Crippen molar-refractivity contribution >= 4 is 18.3 Å². The van der Waals surface area contributed by atoms with E-state index in [9.17, 15) is 4.57 Å². The van der Waals surface area contributed by atoms with Gasteiger partial charge in [0.25, 0.3) is 0 Å². The minimum absolute atomic E-state index is 0.884. The predicted molar refractivity (Wildman–Crippen MR) is 97.0 cm³/mol. The molecule has 4 bridgehead atoms. The number of nitrogens with zero attached hydrogens (tertiary/aromatic N) is 1. The molecule has 0 aliphatic heterocycles. The van der Waals surface area contributed by atoms with Crippen molar-refractivity contribution in [3.8, 4) is 0 Å². The van der Waals surface area contributed by atoms with Gasteiger partial charge >= 0.3 is 0 Å². The Hall–Kier alpha value is -0.820. The summed E-state index contributed by atoms with van der Waals surface area (Å²) in [7, 11) is -2.20. The van der Waals surface area contributed by atoms with Gasteiger partial charge in [-0.2, -0.15) is 0 Å². The van der Waals surface area contributed by atoms with Crippen LogP contribution < -0.4 is 10.6 Å². The fraction of sp³-hybridized carbons (Fsp3) is 0.737. The summed E-state index contributed by atoms with van der Waals surface area (Å²) >= 11 is 0. The second kappa shape index (κ2) is 5.92. The van der Waals surface area contributed by atoms with Crippen LogP contribution in [0.2, 0.25) is 0 Å². The van der Waals surface area contributed by atoms with Crippen LogP contribution in [-0.2, 0) is 4.57 Å². The number of hydrogen-bond donors (Lipinski definition) is 1. The van der Waals surface area contributed by atoms with E-state index < -0.39 is 7.14 Å². The molecular formula is C19H29N2OP. The standard InChI is InChI=1S/C19H29N2OP/c1-23(2,22)17-3-5-20-19(12-17)21-6-4-18-15-8-13-7-14(10-15)11-16(18)9-13/h3,5,12-16,18H,4,6-11H2,1-2H3,(H,20,21). The summed E-state index contributed by atoms with van der Waals surface area (Å²) in [5, 5.41) is 4.40. The van der Waals surface area contributed by atoms with Crippen LogP contribution in [0.3, 0.4) is 0 Å². The molecule has 4 aliphatic carbocycles. The molecule has 0 atom stereocenters. The van der Waals surface area contributed by atoms with Gasteiger partial charge in [-0.25, -0.2) is 4.98 Å². The maximum atomic E-state index is 12.2. The van der Waals surface area contributed by atoms with E-state index in [0.29, 0.717) is 0 Å². The molecule has 3 nitrogen and oxygen atoms in total. The first-order valence-electron chi connectivity index (χ1n) is 9.24. The van der Waals surface area contributed by atoms with Gasteiger partial charge in [0.15, 0.2) is 0 Å². The molecule has 4 saturated carbocycles. The van der Waals surface area contributed by atoms with E-state index in [1.807, 2.05) is 25.5 Å². The third-order valence-electron chi connectivity index (χ3n) is 6.57. The molecule has 0 saturated heterocycles. The summed E-state index contributed by atoms with van der Waals surface area (Å²) in [6.07, 6.45) is 10.6. The van der Waals surface area contributed by atoms with Gasteiger partial charge in [0.2, 0.25) is 0 Å². The summed E-state index contributed by atoms with van der Waals surface area (Å²) < 4.78 is 12.2. The van der Waals surface area contributed by atoms with E-state index in [1.165, 1.54) is 38.5 Å². The van der Waals surface area contributed by atoms with Crippen LogP contribution in [0, 0.1) is 29.6 Å². The number of aromatic nitrogens is 1. The van der Waals surface area contributed by atoms with E-state index in [4.69, 9.17) is 0 Å². The highest BCUT2D eigenvalue weighted by Gasteiger charge is 2.47. The Morgan fingerprint density at radius 3 is 2.39 bits per heavy atom. The van der Waals surface area contributed by atoms with Crippen molar-refractivity contribution in [2.24, 2.45) is 29.6 Å². The largest absolute Gasteiger partial charge is 0.370 e. The van der Waals surface area contributed by atoms with Crippen molar-refractivity contribution in [2.45, 2.75) is 38.5 Å². The zero-order valence-electron chi connectivity index (χ0n) is 14.4. The Kier molecular flexibility index (Phi) is 4.04. The molecule has 0 radical (unpaired) electrons. The first-order valence-corrected chi connectivity index (χ1v) is 11.8. The highest BCUT2D eigenvalue weighted by Crippen LogP contribution is 2.57. The van der Waals surface area contributed by atoms with Crippen LogP contribution >= 0.6 is 7.14 Å². The Morgan fingerprint density at radius 2 is 1.78 bits per heavy atom. The van der Waals surface area contributed by atoms with Gasteiger partial charge in [-0.1, -0.05) is 0 Å². The molecule has 1 aromatic heterocycles. The monoisotopic (exact) mass is 332 g/mol. The molecule has 1 heterocycles. The summed E-state index contributed by atoms with van der Waals surface area (Å²) in [6.45, 7) is 4.64. The summed E-state index contributed by atoms with van der Waals surface area (Å²) in [5.41, 5.74) is 0. The topological polar surface area (TPSA) is 42.0 Å². The average molecular weight is 332 g/mol. The third-order valence-corrected chi connectivity index (χ3v) is 8.09. The van der Waals surface area contributed by atoms with E-state index in [1.54, 1.807) is 6.20 Å². The zero-order valence-corrected chi connectivity index (χ0v) is 15.3. The van der Waals surface area contributed by atoms with Gasteiger partial charge < -0.3 is 9.88 Å². The molecule has 4 fully saturated rings. The van der Waals surface area contributed by atoms with Gasteiger partial charge in [0, 0.05) is 18.0 Å². The molecule has 0 amide bonds. The van der Waals surface area contributed by atoms with Crippen LogP contribution in [-0.4, -0.2) is 24.9 Å². The molecule has 0 unspecified atom stereocenters. The average Bonchev–Trinajstić information content (AvgIpc) is 2.49. The molecule has 5 rings (SSSR count). The van der Waals surface area contributed by atoms with Crippen LogP contribution in [0.5, 0.6) is 0 Å². The van der Waals surface area contributed by atoms with Crippen molar-refractivity contribution in [1.82, 2.24) is 4.98 Å². The molecule has 0 spiro atoms. The number of rotatable bonds is 5. The zero-order chi connectivity index (χ0) is 16.0. The minimum Gasteiger partial charge on any atom is -0.370 e. The molecule has 1 N–H and O–H groups in total. The first-order chi connectivity index (χ1) is 11.0. The maximum absolute atomic E-state index is 12.2. The van der Waals surface area contributed by atoms with Crippen molar-refractivity contribution in [3.63, 3.8) is 0 Å². The minimum atomic E-state index is -2.20. The normalized spacial score (nSPS) is 35.5. The van der Waals surface area contributed by atoms with Gasteiger partial charge in [-0.05, 0) is 93.6 Å². The quantitative estimate of drug-likeness (QED) is 0.822. The lowest BCUT2D eigenvalue weighted by atomic mass is 9.51. The highest BCUT2D eigenvalue weighted by atomic mass is 31.2. The Morgan fingerprint density at radius 1 is 1.13 bits per heavy atom. The molecule has 23 heavy (non-hydrogen) atoms. The van der Waals surface area contributed by atoms with Crippen molar-refractivity contribution in [1.29, 1.82) is 0 Å². The van der Waals surface area contributed by atoms with Crippen molar-refractivity contribution < 1.29 is 4.57 Å². The van der Waals surface area contributed by atoms with Crippen LogP contribution in [0.25, 0.3) is 0 Å². The van der Waals surface area contributed by atoms with Gasteiger partial charge in [0.05, 0.1) is 0 Å². The van der Waals surface area contributed by atoms with Crippen LogP contribution in [0.1, 0.15) is 38.5 Å². The number of pyridine rings is 1. The Balaban J connectivity index is 1.35. The SMILES string of the molecule is CP(C)(=O)c1ccnc(NCCC2C3CC4CC(C3)CC2C4)c1. The Labute approximate surface area is 140 Å². The summed E-state index contributed by atoms with van der Waals surface area (Å²) in [4.78, 5) is 4.39. The predicted octanol–water partition coefficient (Wildman–Crippen LogP) is 4.20. The third kappa shape index (κ3) is 3.22. The van der Waals surface area contributed by atoms with Crippen molar-refractivity contribution in [2.75, 3.05) is 25.2 Å². The lowest BCUT2D eigenvalue weighted by Crippen LogP contribution is -2.45. The fourth-order valence-corrected chi connectivity index (χ4v) is 6.59. The second-order valence-corrected chi connectivity index (χ2v) is 11.8. The van der Waals surface area contributed by atoms with E-state index >= 15 is 0 Å². The lowest BCUT2D eigenvalue weighted by molar-refractivity contribution is -0.0381. The van der Waals surface area contributed by atoms with Crippen LogP contribution in [0.4, 0.5) is 5.82 Å². The van der Waals surface area contributed by atoms with E-state index in [-0.39, 0.29) is 0 Å². The summed E-state index contributed by atoms with van der Waals surface area (Å²) in [6, 6.07) is 3.85. The van der Waals surface area contributed by atoms with Gasteiger partial charge in [0.1, 0.15) is 13.0 Å². The first kappa shape index (κ1) is 15.7. The molecule has 126 valence electrons. The fourth-order valence-electron chi connectivity index (χ4n) is 5.73. The van der Waals surface area contributed by atoms with Gasteiger partial charge in [-0.3, -0.25) is 0 Å². The molecule has 4 aliphatic rings. The molecule has 1 aromatic rings. The summed E-state index contributed by atoms with van der Waals surface area (Å²) in [5.74, 6) is 5.93.